The van der Waals surface area contributed by atoms with Crippen LogP contribution in [-0.2, 0) is 11.2 Å². The second-order valence-corrected chi connectivity index (χ2v) is 6.15. The molecule has 114 valence electrons. The number of ketones is 1. The quantitative estimate of drug-likeness (QED) is 0.922. The van der Waals surface area contributed by atoms with Gasteiger partial charge in [0.2, 0.25) is 0 Å². The molecule has 0 saturated carbocycles. The standard InChI is InChI=1S/C17H23FN2O/c18-14-4-1-3-13(11-14)12-17(21)16-5-2-10-20(16)15-6-8-19-9-7-15/h1,3-4,11,15-16,19H,2,5-10,12H2. The molecular formula is C17H23FN2O. The van der Waals surface area contributed by atoms with E-state index in [9.17, 15) is 9.18 Å². The van der Waals surface area contributed by atoms with Crippen molar-refractivity contribution in [1.82, 2.24) is 10.2 Å². The number of piperidine rings is 1. The van der Waals surface area contributed by atoms with Gasteiger partial charge in [-0.3, -0.25) is 9.69 Å². The van der Waals surface area contributed by atoms with Crippen LogP contribution in [0.3, 0.4) is 0 Å². The Labute approximate surface area is 125 Å². The van der Waals surface area contributed by atoms with Crippen LogP contribution in [0.5, 0.6) is 0 Å². The summed E-state index contributed by atoms with van der Waals surface area (Å²) in [4.78, 5) is 15.0. The van der Waals surface area contributed by atoms with E-state index >= 15 is 0 Å². The number of nitrogens with zero attached hydrogens (tertiary/aromatic N) is 1. The van der Waals surface area contributed by atoms with Crippen molar-refractivity contribution in [2.45, 2.75) is 44.2 Å². The molecule has 0 bridgehead atoms. The van der Waals surface area contributed by atoms with Crippen LogP contribution >= 0.6 is 0 Å². The predicted octanol–water partition coefficient (Wildman–Crippen LogP) is 2.15. The van der Waals surface area contributed by atoms with Crippen LogP contribution in [-0.4, -0.2) is 42.4 Å². The number of rotatable bonds is 4. The molecule has 21 heavy (non-hydrogen) atoms. The van der Waals surface area contributed by atoms with Crippen LogP contribution in [0.15, 0.2) is 24.3 Å². The fraction of sp³-hybridized carbons (Fsp3) is 0.588. The fourth-order valence-corrected chi connectivity index (χ4v) is 3.68. The van der Waals surface area contributed by atoms with Crippen molar-refractivity contribution in [3.63, 3.8) is 0 Å². The topological polar surface area (TPSA) is 32.3 Å². The molecule has 2 aliphatic rings. The van der Waals surface area contributed by atoms with Gasteiger partial charge in [0.1, 0.15) is 5.82 Å². The fourth-order valence-electron chi connectivity index (χ4n) is 3.68. The molecule has 0 aromatic heterocycles. The summed E-state index contributed by atoms with van der Waals surface area (Å²) in [7, 11) is 0. The number of benzene rings is 1. The van der Waals surface area contributed by atoms with Gasteiger partial charge >= 0.3 is 0 Å². The van der Waals surface area contributed by atoms with E-state index in [1.807, 2.05) is 6.07 Å². The van der Waals surface area contributed by atoms with Gasteiger partial charge in [-0.2, -0.15) is 0 Å². The first-order valence-electron chi connectivity index (χ1n) is 7.97. The number of Topliss-reactive ketones (excluding diaryl/α,β-unsaturated/α-hetero) is 1. The molecular weight excluding hydrogens is 267 g/mol. The third-order valence-electron chi connectivity index (χ3n) is 4.71. The summed E-state index contributed by atoms with van der Waals surface area (Å²) in [5.41, 5.74) is 0.789. The Morgan fingerprint density at radius 3 is 2.86 bits per heavy atom. The Hall–Kier alpha value is -1.26. The molecule has 0 radical (unpaired) electrons. The van der Waals surface area contributed by atoms with Crippen molar-refractivity contribution >= 4 is 5.78 Å². The number of carbonyl (C=O) groups is 1. The van der Waals surface area contributed by atoms with Crippen LogP contribution in [0.2, 0.25) is 0 Å². The lowest BCUT2D eigenvalue weighted by Gasteiger charge is -2.35. The van der Waals surface area contributed by atoms with Crippen molar-refractivity contribution < 1.29 is 9.18 Å². The first kappa shape index (κ1) is 14.7. The zero-order valence-corrected chi connectivity index (χ0v) is 12.4. The summed E-state index contributed by atoms with van der Waals surface area (Å²) < 4.78 is 13.2. The van der Waals surface area contributed by atoms with E-state index in [1.54, 1.807) is 6.07 Å². The van der Waals surface area contributed by atoms with E-state index in [2.05, 4.69) is 10.2 Å². The highest BCUT2D eigenvalue weighted by Gasteiger charge is 2.35. The molecule has 0 spiro atoms. The molecule has 2 heterocycles. The third kappa shape index (κ3) is 3.50. The summed E-state index contributed by atoms with van der Waals surface area (Å²) in [6.07, 6.45) is 4.67. The number of halogens is 1. The van der Waals surface area contributed by atoms with E-state index in [4.69, 9.17) is 0 Å². The molecule has 0 aliphatic carbocycles. The summed E-state index contributed by atoms with van der Waals surface area (Å²) in [5, 5.41) is 3.38. The Morgan fingerprint density at radius 1 is 1.29 bits per heavy atom. The highest BCUT2D eigenvalue weighted by atomic mass is 19.1. The van der Waals surface area contributed by atoms with Crippen LogP contribution in [0, 0.1) is 5.82 Å². The molecule has 1 atom stereocenters. The van der Waals surface area contributed by atoms with Gasteiger partial charge in [0.05, 0.1) is 6.04 Å². The lowest BCUT2D eigenvalue weighted by molar-refractivity contribution is -0.123. The number of likely N-dealkylation sites (tertiary alicyclic amines) is 1. The number of hydrogen-bond acceptors (Lipinski definition) is 3. The molecule has 3 nitrogen and oxygen atoms in total. The molecule has 1 unspecified atom stereocenters. The van der Waals surface area contributed by atoms with Crippen LogP contribution < -0.4 is 5.32 Å². The van der Waals surface area contributed by atoms with E-state index in [1.165, 1.54) is 12.1 Å². The Bertz CT molecular complexity index is 499. The van der Waals surface area contributed by atoms with Crippen LogP contribution in [0.25, 0.3) is 0 Å². The second-order valence-electron chi connectivity index (χ2n) is 6.15. The highest BCUT2D eigenvalue weighted by molar-refractivity contribution is 5.86. The number of carbonyl (C=O) groups excluding carboxylic acids is 1. The largest absolute Gasteiger partial charge is 0.317 e. The van der Waals surface area contributed by atoms with Gasteiger partial charge in [0.15, 0.2) is 5.78 Å². The highest BCUT2D eigenvalue weighted by Crippen LogP contribution is 2.25. The van der Waals surface area contributed by atoms with Crippen molar-refractivity contribution in [1.29, 1.82) is 0 Å². The smallest absolute Gasteiger partial charge is 0.154 e. The maximum absolute atomic E-state index is 13.2. The van der Waals surface area contributed by atoms with Gasteiger partial charge in [-0.15, -0.1) is 0 Å². The Morgan fingerprint density at radius 2 is 2.10 bits per heavy atom. The minimum atomic E-state index is -0.262. The summed E-state index contributed by atoms with van der Waals surface area (Å²) in [5.74, 6) is -0.0152. The second kappa shape index (κ2) is 6.67. The molecule has 2 fully saturated rings. The van der Waals surface area contributed by atoms with Gasteiger partial charge in [-0.25, -0.2) is 4.39 Å². The molecule has 2 aliphatic heterocycles. The average molecular weight is 290 g/mol. The van der Waals surface area contributed by atoms with Gasteiger partial charge < -0.3 is 5.32 Å². The first-order chi connectivity index (χ1) is 10.2. The third-order valence-corrected chi connectivity index (χ3v) is 4.71. The van der Waals surface area contributed by atoms with Gasteiger partial charge in [-0.1, -0.05) is 12.1 Å². The predicted molar refractivity (Wildman–Crippen MR) is 80.7 cm³/mol. The summed E-state index contributed by atoms with van der Waals surface area (Å²) in [6.45, 7) is 3.13. The van der Waals surface area contributed by atoms with Crippen molar-refractivity contribution in [2.75, 3.05) is 19.6 Å². The van der Waals surface area contributed by atoms with Crippen LogP contribution in [0.4, 0.5) is 4.39 Å². The lowest BCUT2D eigenvalue weighted by atomic mass is 9.98. The van der Waals surface area contributed by atoms with Crippen molar-refractivity contribution in [3.8, 4) is 0 Å². The minimum absolute atomic E-state index is 0.0383. The normalized spacial score (nSPS) is 24.3. The monoisotopic (exact) mass is 290 g/mol. The van der Waals surface area contributed by atoms with Crippen molar-refractivity contribution in [3.05, 3.63) is 35.6 Å². The molecule has 1 N–H and O–H groups in total. The Balaban J connectivity index is 1.65. The van der Waals surface area contributed by atoms with E-state index < -0.39 is 0 Å². The van der Waals surface area contributed by atoms with Gasteiger partial charge in [-0.05, 0) is 63.0 Å². The lowest BCUT2D eigenvalue weighted by Crippen LogP contribution is -2.48. The number of nitrogens with one attached hydrogen (secondary N) is 1. The zero-order chi connectivity index (χ0) is 14.7. The molecule has 1 aromatic carbocycles. The Kier molecular flexibility index (Phi) is 4.66. The summed E-state index contributed by atoms with van der Waals surface area (Å²) in [6, 6.07) is 6.99. The maximum Gasteiger partial charge on any atom is 0.154 e. The maximum atomic E-state index is 13.2. The SMILES string of the molecule is O=C(Cc1cccc(F)c1)C1CCCN1C1CCNCC1. The van der Waals surface area contributed by atoms with E-state index in [-0.39, 0.29) is 17.6 Å². The molecule has 4 heteroatoms. The molecule has 0 amide bonds. The van der Waals surface area contributed by atoms with E-state index in [0.29, 0.717) is 12.5 Å². The minimum Gasteiger partial charge on any atom is -0.317 e. The molecule has 3 rings (SSSR count). The average Bonchev–Trinajstić information content (AvgIpc) is 2.98. The summed E-state index contributed by atoms with van der Waals surface area (Å²) >= 11 is 0. The van der Waals surface area contributed by atoms with Gasteiger partial charge in [0, 0.05) is 12.5 Å². The van der Waals surface area contributed by atoms with Gasteiger partial charge in [0.25, 0.3) is 0 Å². The zero-order valence-electron chi connectivity index (χ0n) is 12.4. The molecule has 1 aromatic rings. The first-order valence-corrected chi connectivity index (χ1v) is 7.97. The van der Waals surface area contributed by atoms with Crippen LogP contribution in [0.1, 0.15) is 31.2 Å². The van der Waals surface area contributed by atoms with E-state index in [0.717, 1.165) is 50.9 Å². The molecule has 2 saturated heterocycles. The number of hydrogen-bond donors (Lipinski definition) is 1. The van der Waals surface area contributed by atoms with Crippen molar-refractivity contribution in [2.24, 2.45) is 0 Å².